The van der Waals surface area contributed by atoms with Crippen LogP contribution in [0.1, 0.15) is 36.5 Å². The number of hydrogen-bond donors (Lipinski definition) is 1. The molecule has 1 aliphatic heterocycles. The van der Waals surface area contributed by atoms with Gasteiger partial charge in [0.25, 0.3) is 0 Å². The molecule has 1 aromatic rings. The van der Waals surface area contributed by atoms with Crippen molar-refractivity contribution in [3.63, 3.8) is 0 Å². The van der Waals surface area contributed by atoms with Crippen LogP contribution < -0.4 is 10.2 Å². The van der Waals surface area contributed by atoms with E-state index in [-0.39, 0.29) is 36.4 Å². The standard InChI is InChI=1S/C18H23ClN2O5/c1-12(22)21(8-7-17(23)20-11-14-4-3-9-26-14)16-10-13(18(24)25-2)5-6-15(16)19/h5-6,10,14H,3-4,7-9,11H2,1-2H3,(H,20,23). The van der Waals surface area contributed by atoms with Crippen LogP contribution in [0.3, 0.4) is 0 Å². The highest BCUT2D eigenvalue weighted by Gasteiger charge is 2.20. The van der Waals surface area contributed by atoms with Crippen LogP contribution >= 0.6 is 11.6 Å². The van der Waals surface area contributed by atoms with Gasteiger partial charge in [-0.05, 0) is 31.0 Å². The monoisotopic (exact) mass is 382 g/mol. The fourth-order valence-electron chi connectivity index (χ4n) is 2.75. The van der Waals surface area contributed by atoms with E-state index in [0.717, 1.165) is 19.4 Å². The Kier molecular flexibility index (Phi) is 7.41. The first kappa shape index (κ1) is 20.2. The van der Waals surface area contributed by atoms with Crippen molar-refractivity contribution >= 4 is 35.1 Å². The molecule has 0 bridgehead atoms. The van der Waals surface area contributed by atoms with Gasteiger partial charge in [-0.1, -0.05) is 11.6 Å². The van der Waals surface area contributed by atoms with E-state index in [4.69, 9.17) is 16.3 Å². The first-order valence-corrected chi connectivity index (χ1v) is 8.84. The third-order valence-electron chi connectivity index (χ3n) is 4.15. The van der Waals surface area contributed by atoms with Gasteiger partial charge in [-0.15, -0.1) is 0 Å². The minimum absolute atomic E-state index is 0.0639. The second-order valence-electron chi connectivity index (χ2n) is 6.02. The van der Waals surface area contributed by atoms with Crippen molar-refractivity contribution in [1.82, 2.24) is 5.32 Å². The Hall–Kier alpha value is -2.12. The van der Waals surface area contributed by atoms with E-state index >= 15 is 0 Å². The fraction of sp³-hybridized carbons (Fsp3) is 0.500. The molecule has 7 nitrogen and oxygen atoms in total. The number of anilines is 1. The summed E-state index contributed by atoms with van der Waals surface area (Å²) in [5, 5.41) is 3.13. The smallest absolute Gasteiger partial charge is 0.337 e. The predicted molar refractivity (Wildman–Crippen MR) is 97.4 cm³/mol. The zero-order valence-corrected chi connectivity index (χ0v) is 15.7. The maximum absolute atomic E-state index is 12.1. The second-order valence-corrected chi connectivity index (χ2v) is 6.42. The minimum atomic E-state index is -0.527. The van der Waals surface area contributed by atoms with Gasteiger partial charge in [0, 0.05) is 33.0 Å². The number of hydrogen-bond acceptors (Lipinski definition) is 5. The summed E-state index contributed by atoms with van der Waals surface area (Å²) < 4.78 is 10.1. The number of carbonyl (C=O) groups is 3. The first-order valence-electron chi connectivity index (χ1n) is 8.46. The first-order chi connectivity index (χ1) is 12.4. The van der Waals surface area contributed by atoms with Gasteiger partial charge >= 0.3 is 5.97 Å². The van der Waals surface area contributed by atoms with Gasteiger partial charge in [-0.2, -0.15) is 0 Å². The highest BCUT2D eigenvalue weighted by atomic mass is 35.5. The molecule has 8 heteroatoms. The lowest BCUT2D eigenvalue weighted by atomic mass is 10.1. The molecule has 1 aliphatic rings. The third kappa shape index (κ3) is 5.44. The molecule has 1 unspecified atom stereocenters. The Morgan fingerprint density at radius 2 is 2.15 bits per heavy atom. The van der Waals surface area contributed by atoms with Gasteiger partial charge in [0.2, 0.25) is 11.8 Å². The number of nitrogens with zero attached hydrogens (tertiary/aromatic N) is 1. The molecule has 1 heterocycles. The van der Waals surface area contributed by atoms with Crippen molar-refractivity contribution in [3.8, 4) is 0 Å². The van der Waals surface area contributed by atoms with E-state index in [0.29, 0.717) is 17.3 Å². The third-order valence-corrected chi connectivity index (χ3v) is 4.47. The normalized spacial score (nSPS) is 16.2. The van der Waals surface area contributed by atoms with E-state index in [1.807, 2.05) is 0 Å². The zero-order valence-electron chi connectivity index (χ0n) is 14.9. The molecule has 1 atom stereocenters. The average Bonchev–Trinajstić information content (AvgIpc) is 3.14. The number of carbonyl (C=O) groups excluding carboxylic acids is 3. The molecule has 0 aromatic heterocycles. The van der Waals surface area contributed by atoms with Crippen LogP contribution in [0.15, 0.2) is 18.2 Å². The maximum Gasteiger partial charge on any atom is 0.337 e. The lowest BCUT2D eigenvalue weighted by Gasteiger charge is -2.23. The van der Waals surface area contributed by atoms with Gasteiger partial charge in [0.1, 0.15) is 0 Å². The molecule has 2 rings (SSSR count). The summed E-state index contributed by atoms with van der Waals surface area (Å²) in [6.07, 6.45) is 2.13. The number of halogens is 1. The Labute approximate surface area is 157 Å². The molecule has 1 fully saturated rings. The Morgan fingerprint density at radius 1 is 1.38 bits per heavy atom. The van der Waals surface area contributed by atoms with E-state index < -0.39 is 5.97 Å². The summed E-state index contributed by atoms with van der Waals surface area (Å²) in [6.45, 7) is 2.73. The van der Waals surface area contributed by atoms with Crippen molar-refractivity contribution in [2.75, 3.05) is 31.7 Å². The highest BCUT2D eigenvalue weighted by Crippen LogP contribution is 2.28. The molecular formula is C18H23ClN2O5. The van der Waals surface area contributed by atoms with E-state index in [1.54, 1.807) is 0 Å². The summed E-state index contributed by atoms with van der Waals surface area (Å²) >= 11 is 6.18. The number of nitrogens with one attached hydrogen (secondary N) is 1. The minimum Gasteiger partial charge on any atom is -0.465 e. The molecule has 1 saturated heterocycles. The number of benzene rings is 1. The van der Waals surface area contributed by atoms with Crippen molar-refractivity contribution in [2.24, 2.45) is 0 Å². The van der Waals surface area contributed by atoms with E-state index in [9.17, 15) is 14.4 Å². The van der Waals surface area contributed by atoms with Crippen molar-refractivity contribution in [2.45, 2.75) is 32.3 Å². The Morgan fingerprint density at radius 3 is 2.77 bits per heavy atom. The summed E-state index contributed by atoms with van der Waals surface area (Å²) in [5.74, 6) is -0.978. The van der Waals surface area contributed by atoms with Gasteiger partial charge in [-0.3, -0.25) is 9.59 Å². The molecule has 142 valence electrons. The van der Waals surface area contributed by atoms with Crippen LogP contribution in [-0.2, 0) is 19.1 Å². The van der Waals surface area contributed by atoms with Gasteiger partial charge in [0.05, 0.1) is 29.5 Å². The predicted octanol–water partition coefficient (Wildman–Crippen LogP) is 2.16. The van der Waals surface area contributed by atoms with Crippen LogP contribution in [0.5, 0.6) is 0 Å². The number of rotatable bonds is 7. The summed E-state index contributed by atoms with van der Waals surface area (Å²) in [6, 6.07) is 4.53. The average molecular weight is 383 g/mol. The van der Waals surface area contributed by atoms with Gasteiger partial charge in [0.15, 0.2) is 0 Å². The van der Waals surface area contributed by atoms with E-state index in [1.165, 1.54) is 37.1 Å². The zero-order chi connectivity index (χ0) is 19.1. The van der Waals surface area contributed by atoms with Gasteiger partial charge in [-0.25, -0.2) is 4.79 Å². The van der Waals surface area contributed by atoms with Crippen molar-refractivity contribution in [3.05, 3.63) is 28.8 Å². The molecule has 1 aromatic carbocycles. The number of methoxy groups -OCH3 is 1. The topological polar surface area (TPSA) is 84.9 Å². The van der Waals surface area contributed by atoms with Crippen molar-refractivity contribution < 1.29 is 23.9 Å². The fourth-order valence-corrected chi connectivity index (χ4v) is 2.97. The largest absolute Gasteiger partial charge is 0.465 e. The van der Waals surface area contributed by atoms with Crippen LogP contribution in [0.25, 0.3) is 0 Å². The number of esters is 1. The molecule has 0 aliphatic carbocycles. The SMILES string of the molecule is COC(=O)c1ccc(Cl)c(N(CCC(=O)NCC2CCCO2)C(C)=O)c1. The Balaban J connectivity index is 2.00. The quantitative estimate of drug-likeness (QED) is 0.730. The molecule has 0 radical (unpaired) electrons. The van der Waals surface area contributed by atoms with Crippen LogP contribution in [0, 0.1) is 0 Å². The second kappa shape index (κ2) is 9.54. The van der Waals surface area contributed by atoms with Crippen molar-refractivity contribution in [1.29, 1.82) is 0 Å². The Bertz CT molecular complexity index is 674. The molecule has 26 heavy (non-hydrogen) atoms. The number of amides is 2. The van der Waals surface area contributed by atoms with Gasteiger partial charge < -0.3 is 19.7 Å². The lowest BCUT2D eigenvalue weighted by Crippen LogP contribution is -2.36. The highest BCUT2D eigenvalue weighted by molar-refractivity contribution is 6.34. The summed E-state index contributed by atoms with van der Waals surface area (Å²) in [7, 11) is 1.28. The molecule has 0 saturated carbocycles. The molecule has 2 amide bonds. The number of ether oxygens (including phenoxy) is 2. The summed E-state index contributed by atoms with van der Waals surface area (Å²) in [5.41, 5.74) is 0.648. The summed E-state index contributed by atoms with van der Waals surface area (Å²) in [4.78, 5) is 37.2. The molecule has 1 N–H and O–H groups in total. The van der Waals surface area contributed by atoms with Crippen LogP contribution in [0.4, 0.5) is 5.69 Å². The van der Waals surface area contributed by atoms with Crippen LogP contribution in [-0.4, -0.2) is 50.7 Å². The van der Waals surface area contributed by atoms with E-state index in [2.05, 4.69) is 10.1 Å². The maximum atomic E-state index is 12.1. The molecule has 0 spiro atoms. The molecular weight excluding hydrogens is 360 g/mol. The lowest BCUT2D eigenvalue weighted by molar-refractivity contribution is -0.121. The van der Waals surface area contributed by atoms with Crippen LogP contribution in [0.2, 0.25) is 5.02 Å².